The minimum Gasteiger partial charge on any atom is -0.380 e. The Morgan fingerprint density at radius 1 is 1.26 bits per heavy atom. The third kappa shape index (κ3) is 2.66. The van der Waals surface area contributed by atoms with Gasteiger partial charge in [0.15, 0.2) is 0 Å². The number of hydrogen-bond acceptors (Lipinski definition) is 4. The van der Waals surface area contributed by atoms with Gasteiger partial charge in [0.25, 0.3) is 0 Å². The number of imidazole rings is 1. The standard InChI is InChI=1S/C14H14N4S/c1-10-14(19-9-18-10)7-16-12-4-2-11(3-5-12)13-6-15-8-17-13/h2-6,8-9,16H,7H2,1H3,(H,15,17). The highest BCUT2D eigenvalue weighted by atomic mass is 32.1. The van der Waals surface area contributed by atoms with E-state index < -0.39 is 0 Å². The Morgan fingerprint density at radius 2 is 2.11 bits per heavy atom. The highest BCUT2D eigenvalue weighted by molar-refractivity contribution is 7.09. The molecule has 0 saturated carbocycles. The molecule has 5 heteroatoms. The van der Waals surface area contributed by atoms with Gasteiger partial charge in [-0.15, -0.1) is 11.3 Å². The molecule has 19 heavy (non-hydrogen) atoms. The Balaban J connectivity index is 1.68. The summed E-state index contributed by atoms with van der Waals surface area (Å²) in [6.45, 7) is 2.86. The van der Waals surface area contributed by atoms with E-state index in [9.17, 15) is 0 Å². The SMILES string of the molecule is Cc1ncsc1CNc1ccc(-c2cnc[nH]2)cc1. The van der Waals surface area contributed by atoms with Crippen LogP contribution in [0.4, 0.5) is 5.69 Å². The molecule has 2 aromatic heterocycles. The number of aromatic nitrogens is 3. The van der Waals surface area contributed by atoms with E-state index >= 15 is 0 Å². The Kier molecular flexibility index (Phi) is 3.29. The number of benzene rings is 1. The number of thiazole rings is 1. The van der Waals surface area contributed by atoms with E-state index in [2.05, 4.69) is 44.5 Å². The van der Waals surface area contributed by atoms with Crippen LogP contribution in [-0.4, -0.2) is 15.0 Å². The van der Waals surface area contributed by atoms with Gasteiger partial charge in [-0.2, -0.15) is 0 Å². The van der Waals surface area contributed by atoms with Crippen LogP contribution in [0.3, 0.4) is 0 Å². The number of H-pyrrole nitrogens is 1. The van der Waals surface area contributed by atoms with E-state index in [0.29, 0.717) is 0 Å². The molecule has 0 amide bonds. The maximum Gasteiger partial charge on any atom is 0.0924 e. The van der Waals surface area contributed by atoms with Crippen molar-refractivity contribution >= 4 is 17.0 Å². The maximum atomic E-state index is 4.24. The first kappa shape index (κ1) is 11.9. The first-order valence-corrected chi connectivity index (χ1v) is 6.92. The molecule has 0 unspecified atom stereocenters. The summed E-state index contributed by atoms with van der Waals surface area (Å²) < 4.78 is 0. The van der Waals surface area contributed by atoms with Gasteiger partial charge in [-0.3, -0.25) is 0 Å². The second-order valence-corrected chi connectivity index (χ2v) is 5.20. The summed E-state index contributed by atoms with van der Waals surface area (Å²) in [4.78, 5) is 12.6. The van der Waals surface area contributed by atoms with Crippen LogP contribution in [0.2, 0.25) is 0 Å². The van der Waals surface area contributed by atoms with Crippen LogP contribution in [0.25, 0.3) is 11.3 Å². The van der Waals surface area contributed by atoms with Crippen molar-refractivity contribution < 1.29 is 0 Å². The van der Waals surface area contributed by atoms with Gasteiger partial charge in [0.05, 0.1) is 36.0 Å². The minimum atomic E-state index is 0.819. The predicted molar refractivity (Wildman–Crippen MR) is 78.2 cm³/mol. The van der Waals surface area contributed by atoms with Crippen molar-refractivity contribution in [1.29, 1.82) is 0 Å². The molecular weight excluding hydrogens is 256 g/mol. The van der Waals surface area contributed by atoms with Crippen LogP contribution >= 0.6 is 11.3 Å². The predicted octanol–water partition coefficient (Wildman–Crippen LogP) is 3.45. The first-order valence-electron chi connectivity index (χ1n) is 6.04. The summed E-state index contributed by atoms with van der Waals surface area (Å²) in [6, 6.07) is 8.31. The molecule has 1 aromatic carbocycles. The molecule has 3 rings (SSSR count). The van der Waals surface area contributed by atoms with Gasteiger partial charge in [-0.05, 0) is 24.6 Å². The zero-order chi connectivity index (χ0) is 13.1. The van der Waals surface area contributed by atoms with Gasteiger partial charge in [0.1, 0.15) is 0 Å². The number of nitrogens with one attached hydrogen (secondary N) is 2. The van der Waals surface area contributed by atoms with E-state index in [4.69, 9.17) is 0 Å². The van der Waals surface area contributed by atoms with Gasteiger partial charge in [-0.25, -0.2) is 9.97 Å². The van der Waals surface area contributed by atoms with Crippen molar-refractivity contribution in [2.75, 3.05) is 5.32 Å². The zero-order valence-electron chi connectivity index (χ0n) is 10.6. The fourth-order valence-corrected chi connectivity index (χ4v) is 2.58. The summed E-state index contributed by atoms with van der Waals surface area (Å²) in [5.74, 6) is 0. The van der Waals surface area contributed by atoms with E-state index in [1.807, 2.05) is 18.6 Å². The van der Waals surface area contributed by atoms with Crippen LogP contribution in [-0.2, 0) is 6.54 Å². The van der Waals surface area contributed by atoms with E-state index in [1.54, 1.807) is 17.7 Å². The summed E-state index contributed by atoms with van der Waals surface area (Å²) in [6.07, 6.45) is 3.51. The highest BCUT2D eigenvalue weighted by Gasteiger charge is 2.02. The molecule has 3 aromatic rings. The second-order valence-electron chi connectivity index (χ2n) is 4.26. The van der Waals surface area contributed by atoms with Crippen molar-refractivity contribution in [3.8, 4) is 11.3 Å². The number of aromatic amines is 1. The van der Waals surface area contributed by atoms with Gasteiger partial charge < -0.3 is 10.3 Å². The number of rotatable bonds is 4. The Labute approximate surface area is 115 Å². The van der Waals surface area contributed by atoms with Crippen LogP contribution in [0.15, 0.2) is 42.3 Å². The van der Waals surface area contributed by atoms with Crippen molar-refractivity contribution in [3.63, 3.8) is 0 Å². The summed E-state index contributed by atoms with van der Waals surface area (Å²) in [5.41, 5.74) is 6.26. The molecule has 96 valence electrons. The molecule has 0 atom stereocenters. The van der Waals surface area contributed by atoms with Crippen LogP contribution in [0, 0.1) is 6.92 Å². The highest BCUT2D eigenvalue weighted by Crippen LogP contribution is 2.20. The van der Waals surface area contributed by atoms with Crippen molar-refractivity contribution in [2.24, 2.45) is 0 Å². The van der Waals surface area contributed by atoms with Gasteiger partial charge in [-0.1, -0.05) is 12.1 Å². The van der Waals surface area contributed by atoms with Crippen LogP contribution in [0.1, 0.15) is 10.6 Å². The number of anilines is 1. The molecule has 4 nitrogen and oxygen atoms in total. The fourth-order valence-electron chi connectivity index (χ4n) is 1.86. The van der Waals surface area contributed by atoms with Crippen molar-refractivity contribution in [3.05, 3.63) is 52.9 Å². The summed E-state index contributed by atoms with van der Waals surface area (Å²) in [5, 5.41) is 3.40. The second kappa shape index (κ2) is 5.24. The van der Waals surface area contributed by atoms with E-state index in [-0.39, 0.29) is 0 Å². The van der Waals surface area contributed by atoms with Crippen molar-refractivity contribution in [1.82, 2.24) is 15.0 Å². The fraction of sp³-hybridized carbons (Fsp3) is 0.143. The Morgan fingerprint density at radius 3 is 2.74 bits per heavy atom. The quantitative estimate of drug-likeness (QED) is 0.763. The third-order valence-electron chi connectivity index (χ3n) is 2.99. The van der Waals surface area contributed by atoms with Crippen LogP contribution in [0.5, 0.6) is 0 Å². The molecule has 2 heterocycles. The summed E-state index contributed by atoms with van der Waals surface area (Å²) >= 11 is 1.68. The molecule has 0 aliphatic rings. The topological polar surface area (TPSA) is 53.6 Å². The molecule has 0 radical (unpaired) electrons. The molecule has 0 fully saturated rings. The lowest BCUT2D eigenvalue weighted by atomic mass is 10.1. The lowest BCUT2D eigenvalue weighted by molar-refractivity contribution is 1.12. The van der Waals surface area contributed by atoms with Gasteiger partial charge >= 0.3 is 0 Å². The third-order valence-corrected chi connectivity index (χ3v) is 3.93. The summed E-state index contributed by atoms with van der Waals surface area (Å²) in [7, 11) is 0. The molecule has 2 N–H and O–H groups in total. The molecule has 0 bridgehead atoms. The smallest absolute Gasteiger partial charge is 0.0924 e. The van der Waals surface area contributed by atoms with Crippen LogP contribution < -0.4 is 5.32 Å². The number of aryl methyl sites for hydroxylation is 1. The monoisotopic (exact) mass is 270 g/mol. The molecular formula is C14H14N4S. The number of nitrogens with zero attached hydrogens (tertiary/aromatic N) is 2. The average molecular weight is 270 g/mol. The van der Waals surface area contributed by atoms with Gasteiger partial charge in [0.2, 0.25) is 0 Å². The molecule has 0 aliphatic carbocycles. The first-order chi connectivity index (χ1) is 9.33. The normalized spacial score (nSPS) is 10.6. The molecule has 0 aliphatic heterocycles. The largest absolute Gasteiger partial charge is 0.380 e. The average Bonchev–Trinajstić information content (AvgIpc) is 3.09. The molecule has 0 saturated heterocycles. The van der Waals surface area contributed by atoms with E-state index in [1.165, 1.54) is 4.88 Å². The minimum absolute atomic E-state index is 0.819. The molecule has 0 spiro atoms. The van der Waals surface area contributed by atoms with Crippen molar-refractivity contribution in [2.45, 2.75) is 13.5 Å². The Bertz CT molecular complexity index is 640. The Hall–Kier alpha value is -2.14. The number of hydrogen-bond donors (Lipinski definition) is 2. The lowest BCUT2D eigenvalue weighted by Crippen LogP contribution is -1.98. The maximum absolute atomic E-state index is 4.24. The van der Waals surface area contributed by atoms with Gasteiger partial charge in [0, 0.05) is 10.6 Å². The lowest BCUT2D eigenvalue weighted by Gasteiger charge is -2.06. The van der Waals surface area contributed by atoms with E-state index in [0.717, 1.165) is 29.2 Å². The zero-order valence-corrected chi connectivity index (χ0v) is 11.4.